The van der Waals surface area contributed by atoms with Crippen molar-refractivity contribution in [2.45, 2.75) is 13.0 Å². The number of carbonyl (C=O) groups is 2. The summed E-state index contributed by atoms with van der Waals surface area (Å²) in [6.45, 7) is 2.15. The molecule has 24 heavy (non-hydrogen) atoms. The van der Waals surface area contributed by atoms with E-state index in [2.05, 4.69) is 5.32 Å². The van der Waals surface area contributed by atoms with Crippen molar-refractivity contribution in [1.82, 2.24) is 4.90 Å². The second-order valence-electron chi connectivity index (χ2n) is 5.34. The largest absolute Gasteiger partial charge is 0.484 e. The Kier molecular flexibility index (Phi) is 5.97. The molecule has 0 saturated heterocycles. The summed E-state index contributed by atoms with van der Waals surface area (Å²) < 4.78 is 10.5. The zero-order valence-corrected chi connectivity index (χ0v) is 13.7. The van der Waals surface area contributed by atoms with E-state index in [1.807, 2.05) is 6.92 Å². The van der Waals surface area contributed by atoms with Crippen LogP contribution in [0.2, 0.25) is 0 Å². The van der Waals surface area contributed by atoms with Crippen LogP contribution in [-0.2, 0) is 4.79 Å². The summed E-state index contributed by atoms with van der Waals surface area (Å²) in [4.78, 5) is 25.5. The van der Waals surface area contributed by atoms with Crippen molar-refractivity contribution in [2.24, 2.45) is 5.73 Å². The van der Waals surface area contributed by atoms with Gasteiger partial charge in [0.05, 0.1) is 6.26 Å². The molecule has 2 amide bonds. The SMILES string of the molecule is CC(CN)N(C)C(=O)COc1cccc(NC(=O)c2ccco2)c1. The number of nitrogens with one attached hydrogen (secondary N) is 1. The van der Waals surface area contributed by atoms with Crippen LogP contribution in [0.4, 0.5) is 5.69 Å². The zero-order valence-electron chi connectivity index (χ0n) is 13.7. The number of ether oxygens (including phenoxy) is 1. The molecule has 128 valence electrons. The van der Waals surface area contributed by atoms with Crippen molar-refractivity contribution < 1.29 is 18.7 Å². The van der Waals surface area contributed by atoms with Gasteiger partial charge in [-0.25, -0.2) is 0 Å². The van der Waals surface area contributed by atoms with Gasteiger partial charge >= 0.3 is 0 Å². The van der Waals surface area contributed by atoms with Gasteiger partial charge in [-0.1, -0.05) is 6.07 Å². The lowest BCUT2D eigenvalue weighted by Crippen LogP contribution is -2.42. The first kappa shape index (κ1) is 17.6. The van der Waals surface area contributed by atoms with Crippen LogP contribution < -0.4 is 15.8 Å². The number of furan rings is 1. The fraction of sp³-hybridized carbons (Fsp3) is 0.294. The predicted molar refractivity (Wildman–Crippen MR) is 89.9 cm³/mol. The van der Waals surface area contributed by atoms with Gasteiger partial charge in [0, 0.05) is 31.4 Å². The molecule has 1 aromatic carbocycles. The number of anilines is 1. The zero-order chi connectivity index (χ0) is 17.5. The quantitative estimate of drug-likeness (QED) is 0.805. The van der Waals surface area contributed by atoms with Crippen molar-refractivity contribution in [3.8, 4) is 5.75 Å². The average molecular weight is 331 g/mol. The lowest BCUT2D eigenvalue weighted by atomic mass is 10.3. The van der Waals surface area contributed by atoms with E-state index >= 15 is 0 Å². The monoisotopic (exact) mass is 331 g/mol. The Morgan fingerprint density at radius 2 is 2.12 bits per heavy atom. The Labute approximate surface area is 140 Å². The van der Waals surface area contributed by atoms with E-state index in [1.54, 1.807) is 48.3 Å². The summed E-state index contributed by atoms with van der Waals surface area (Å²) in [6.07, 6.45) is 1.43. The van der Waals surface area contributed by atoms with Gasteiger partial charge in [-0.2, -0.15) is 0 Å². The second kappa shape index (κ2) is 8.16. The summed E-state index contributed by atoms with van der Waals surface area (Å²) in [5.74, 6) is 0.172. The average Bonchev–Trinajstić information content (AvgIpc) is 3.13. The lowest BCUT2D eigenvalue weighted by molar-refractivity contribution is -0.133. The summed E-state index contributed by atoms with van der Waals surface area (Å²) in [5, 5.41) is 2.70. The van der Waals surface area contributed by atoms with Crippen LogP contribution in [-0.4, -0.2) is 43.0 Å². The number of rotatable bonds is 7. The number of nitrogens with two attached hydrogens (primary N) is 1. The first-order valence-electron chi connectivity index (χ1n) is 7.54. The molecule has 7 nitrogen and oxygen atoms in total. The molecule has 1 unspecified atom stereocenters. The Hall–Kier alpha value is -2.80. The minimum absolute atomic E-state index is 0.0555. The van der Waals surface area contributed by atoms with E-state index in [1.165, 1.54) is 6.26 Å². The highest BCUT2D eigenvalue weighted by Crippen LogP contribution is 2.18. The van der Waals surface area contributed by atoms with Crippen LogP contribution in [0.25, 0.3) is 0 Å². The third-order valence-corrected chi connectivity index (χ3v) is 3.59. The molecule has 0 fully saturated rings. The van der Waals surface area contributed by atoms with Gasteiger partial charge in [0.1, 0.15) is 5.75 Å². The molecule has 1 atom stereocenters. The molecule has 2 rings (SSSR count). The van der Waals surface area contributed by atoms with Crippen LogP contribution in [0.3, 0.4) is 0 Å². The minimum Gasteiger partial charge on any atom is -0.484 e. The molecule has 0 bridgehead atoms. The predicted octanol–water partition coefficient (Wildman–Crippen LogP) is 1.72. The van der Waals surface area contributed by atoms with E-state index in [0.717, 1.165) is 0 Å². The van der Waals surface area contributed by atoms with Crippen LogP contribution >= 0.6 is 0 Å². The molecule has 0 saturated carbocycles. The van der Waals surface area contributed by atoms with E-state index in [9.17, 15) is 9.59 Å². The van der Waals surface area contributed by atoms with E-state index in [0.29, 0.717) is 18.0 Å². The highest BCUT2D eigenvalue weighted by molar-refractivity contribution is 6.02. The van der Waals surface area contributed by atoms with Crippen molar-refractivity contribution >= 4 is 17.5 Å². The number of likely N-dealkylation sites (N-methyl/N-ethyl adjacent to an activating group) is 1. The van der Waals surface area contributed by atoms with Gasteiger partial charge in [0.25, 0.3) is 11.8 Å². The number of hydrogen-bond acceptors (Lipinski definition) is 5. The van der Waals surface area contributed by atoms with Crippen molar-refractivity contribution in [3.05, 3.63) is 48.4 Å². The smallest absolute Gasteiger partial charge is 0.291 e. The first-order chi connectivity index (χ1) is 11.5. The van der Waals surface area contributed by atoms with Gasteiger partial charge < -0.3 is 25.1 Å². The Morgan fingerprint density at radius 1 is 1.33 bits per heavy atom. The van der Waals surface area contributed by atoms with Gasteiger partial charge in [-0.05, 0) is 31.2 Å². The molecule has 0 aliphatic rings. The Morgan fingerprint density at radius 3 is 2.79 bits per heavy atom. The van der Waals surface area contributed by atoms with Crippen molar-refractivity contribution in [2.75, 3.05) is 25.5 Å². The topological polar surface area (TPSA) is 97.8 Å². The van der Waals surface area contributed by atoms with Crippen molar-refractivity contribution in [3.63, 3.8) is 0 Å². The third kappa shape index (κ3) is 4.60. The minimum atomic E-state index is -0.357. The summed E-state index contributed by atoms with van der Waals surface area (Å²) in [6, 6.07) is 9.95. The molecule has 1 heterocycles. The van der Waals surface area contributed by atoms with Crippen LogP contribution in [0.1, 0.15) is 17.5 Å². The fourth-order valence-corrected chi connectivity index (χ4v) is 1.91. The number of amides is 2. The van der Waals surface area contributed by atoms with Crippen molar-refractivity contribution in [1.29, 1.82) is 0 Å². The van der Waals surface area contributed by atoms with E-state index < -0.39 is 0 Å². The molecule has 1 aromatic heterocycles. The van der Waals surface area contributed by atoms with Gasteiger partial charge in [0.15, 0.2) is 12.4 Å². The number of benzene rings is 1. The summed E-state index contributed by atoms with van der Waals surface area (Å²) in [5.41, 5.74) is 6.09. The fourth-order valence-electron chi connectivity index (χ4n) is 1.91. The molecule has 0 aliphatic heterocycles. The van der Waals surface area contributed by atoms with Crippen LogP contribution in [0.5, 0.6) is 5.75 Å². The standard InChI is InChI=1S/C17H21N3O4/c1-12(10-18)20(2)16(21)11-24-14-6-3-5-13(9-14)19-17(22)15-7-4-8-23-15/h3-9,12H,10-11,18H2,1-2H3,(H,19,22). The Bertz CT molecular complexity index is 685. The maximum absolute atomic E-state index is 12.0. The highest BCUT2D eigenvalue weighted by Gasteiger charge is 2.15. The lowest BCUT2D eigenvalue weighted by Gasteiger charge is -2.23. The molecule has 0 aliphatic carbocycles. The first-order valence-corrected chi connectivity index (χ1v) is 7.54. The van der Waals surface area contributed by atoms with Gasteiger partial charge in [0.2, 0.25) is 0 Å². The van der Waals surface area contributed by atoms with Gasteiger partial charge in [-0.15, -0.1) is 0 Å². The summed E-state index contributed by atoms with van der Waals surface area (Å²) >= 11 is 0. The van der Waals surface area contributed by atoms with Gasteiger partial charge in [-0.3, -0.25) is 9.59 Å². The maximum Gasteiger partial charge on any atom is 0.291 e. The molecule has 0 radical (unpaired) electrons. The molecular weight excluding hydrogens is 310 g/mol. The third-order valence-electron chi connectivity index (χ3n) is 3.59. The number of carbonyl (C=O) groups excluding carboxylic acids is 2. The van der Waals surface area contributed by atoms with Crippen LogP contribution in [0.15, 0.2) is 47.1 Å². The normalized spacial score (nSPS) is 11.6. The van der Waals surface area contributed by atoms with Crippen LogP contribution in [0, 0.1) is 0 Å². The molecular formula is C17H21N3O4. The second-order valence-corrected chi connectivity index (χ2v) is 5.34. The molecule has 2 aromatic rings. The summed E-state index contributed by atoms with van der Waals surface area (Å²) in [7, 11) is 1.68. The highest BCUT2D eigenvalue weighted by atomic mass is 16.5. The molecule has 0 spiro atoms. The number of nitrogens with zero attached hydrogens (tertiary/aromatic N) is 1. The maximum atomic E-state index is 12.0. The van der Waals surface area contributed by atoms with E-state index in [-0.39, 0.29) is 30.2 Å². The molecule has 3 N–H and O–H groups in total. The Balaban J connectivity index is 1.93. The number of hydrogen-bond donors (Lipinski definition) is 2. The van der Waals surface area contributed by atoms with E-state index in [4.69, 9.17) is 14.9 Å². The molecule has 7 heteroatoms.